The van der Waals surface area contributed by atoms with Gasteiger partial charge in [0, 0.05) is 19.2 Å². The summed E-state index contributed by atoms with van der Waals surface area (Å²) in [6.07, 6.45) is 2.32. The monoisotopic (exact) mass is 457 g/mol. The fourth-order valence-corrected chi connectivity index (χ4v) is 6.46. The summed E-state index contributed by atoms with van der Waals surface area (Å²) in [7, 11) is -2.02. The van der Waals surface area contributed by atoms with Gasteiger partial charge in [-0.15, -0.1) is 11.3 Å². The lowest BCUT2D eigenvalue weighted by Gasteiger charge is -2.40. The van der Waals surface area contributed by atoms with Gasteiger partial charge >= 0.3 is 0 Å². The van der Waals surface area contributed by atoms with E-state index in [9.17, 15) is 13.2 Å². The van der Waals surface area contributed by atoms with Crippen LogP contribution in [-0.4, -0.2) is 43.8 Å². The zero-order valence-electron chi connectivity index (χ0n) is 17.0. The number of methoxy groups -OCH3 is 1. The molecule has 0 bridgehead atoms. The molecule has 162 valence electrons. The number of hydrogen-bond donors (Lipinski definition) is 1. The number of benzene rings is 1. The number of thiophene rings is 1. The molecular weight excluding hydrogens is 434 g/mol. The maximum absolute atomic E-state index is 13.5. The third-order valence-corrected chi connectivity index (χ3v) is 8.90. The Hall–Kier alpha value is -2.75. The third-order valence-electron chi connectivity index (χ3n) is 5.63. The lowest BCUT2D eigenvalue weighted by molar-refractivity contribution is -0.123. The van der Waals surface area contributed by atoms with Crippen molar-refractivity contribution < 1.29 is 17.9 Å². The summed E-state index contributed by atoms with van der Waals surface area (Å²) >= 11 is 1.20. The molecule has 7 nitrogen and oxygen atoms in total. The van der Waals surface area contributed by atoms with E-state index in [0.717, 1.165) is 5.56 Å². The molecule has 0 atom stereocenters. The largest absolute Gasteiger partial charge is 0.481 e. The second kappa shape index (κ2) is 8.78. The standard InChI is InChI=1S/C22H23N3O4S2/c1-29-19-10-9-18(16-23-19)24-21(26)22(17-6-3-2-4-7-17)11-13-25(14-12-22)31(27,28)20-8-5-15-30-20/h2-10,15-16H,11-14H2,1H3,(H,24,26). The molecule has 31 heavy (non-hydrogen) atoms. The molecule has 9 heteroatoms. The highest BCUT2D eigenvalue weighted by Crippen LogP contribution is 2.38. The van der Waals surface area contributed by atoms with Gasteiger partial charge in [-0.3, -0.25) is 4.79 Å². The number of piperidine rings is 1. The molecule has 4 rings (SSSR count). The number of aromatic nitrogens is 1. The van der Waals surface area contributed by atoms with Crippen LogP contribution in [0.4, 0.5) is 5.69 Å². The van der Waals surface area contributed by atoms with Crippen molar-refractivity contribution in [2.45, 2.75) is 22.5 Å². The molecule has 0 unspecified atom stereocenters. The van der Waals surface area contributed by atoms with E-state index in [-0.39, 0.29) is 19.0 Å². The van der Waals surface area contributed by atoms with E-state index in [1.54, 1.807) is 35.8 Å². The third kappa shape index (κ3) is 4.21. The van der Waals surface area contributed by atoms with Crippen LogP contribution in [0.25, 0.3) is 0 Å². The average molecular weight is 458 g/mol. The van der Waals surface area contributed by atoms with Gasteiger partial charge in [0.1, 0.15) is 4.21 Å². The molecule has 1 saturated heterocycles. The van der Waals surface area contributed by atoms with E-state index in [1.165, 1.54) is 22.8 Å². The molecular formula is C22H23N3O4S2. The zero-order valence-corrected chi connectivity index (χ0v) is 18.7. The molecule has 1 fully saturated rings. The molecule has 1 aromatic carbocycles. The summed E-state index contributed by atoms with van der Waals surface area (Å²) < 4.78 is 32.7. The quantitative estimate of drug-likeness (QED) is 0.612. The van der Waals surface area contributed by atoms with Gasteiger partial charge < -0.3 is 10.1 Å². The van der Waals surface area contributed by atoms with Gasteiger partial charge in [0.25, 0.3) is 10.0 Å². The molecule has 0 spiro atoms. The number of pyridine rings is 1. The van der Waals surface area contributed by atoms with Gasteiger partial charge in [-0.05, 0) is 35.9 Å². The summed E-state index contributed by atoms with van der Waals surface area (Å²) in [5.41, 5.74) is 0.611. The van der Waals surface area contributed by atoms with E-state index in [1.807, 2.05) is 30.3 Å². The Kier molecular flexibility index (Phi) is 6.08. The minimum absolute atomic E-state index is 0.168. The van der Waals surface area contributed by atoms with Crippen LogP contribution in [0.1, 0.15) is 18.4 Å². The van der Waals surface area contributed by atoms with Gasteiger partial charge in [-0.2, -0.15) is 4.31 Å². The summed E-state index contributed by atoms with van der Waals surface area (Å²) in [6, 6.07) is 16.3. The number of sulfonamides is 1. The molecule has 1 amide bonds. The Morgan fingerprint density at radius 2 is 1.84 bits per heavy atom. The number of amides is 1. The van der Waals surface area contributed by atoms with Crippen molar-refractivity contribution in [2.24, 2.45) is 0 Å². The predicted molar refractivity (Wildman–Crippen MR) is 120 cm³/mol. The van der Waals surface area contributed by atoms with Crippen LogP contribution >= 0.6 is 11.3 Å². The first-order valence-electron chi connectivity index (χ1n) is 9.86. The highest BCUT2D eigenvalue weighted by atomic mass is 32.2. The smallest absolute Gasteiger partial charge is 0.252 e. The van der Waals surface area contributed by atoms with Crippen molar-refractivity contribution in [1.82, 2.24) is 9.29 Å². The maximum atomic E-state index is 13.5. The van der Waals surface area contributed by atoms with Crippen molar-refractivity contribution in [2.75, 3.05) is 25.5 Å². The number of ether oxygens (including phenoxy) is 1. The summed E-state index contributed by atoms with van der Waals surface area (Å²) in [5.74, 6) is 0.293. The Morgan fingerprint density at radius 1 is 1.10 bits per heavy atom. The topological polar surface area (TPSA) is 88.6 Å². The normalized spacial score (nSPS) is 16.5. The summed E-state index contributed by atoms with van der Waals surface area (Å²) in [5, 5.41) is 4.71. The molecule has 1 aliphatic rings. The van der Waals surface area contributed by atoms with Crippen molar-refractivity contribution in [3.63, 3.8) is 0 Å². The molecule has 0 saturated carbocycles. The second-order valence-corrected chi connectivity index (χ2v) is 10.4. The summed E-state index contributed by atoms with van der Waals surface area (Å²) in [4.78, 5) is 17.6. The number of carbonyl (C=O) groups excluding carboxylic acids is 1. The van der Waals surface area contributed by atoms with Crippen LogP contribution in [0.5, 0.6) is 5.88 Å². The van der Waals surface area contributed by atoms with Crippen LogP contribution in [-0.2, 0) is 20.2 Å². The fourth-order valence-electron chi connectivity index (χ4n) is 3.88. The van der Waals surface area contributed by atoms with Gasteiger partial charge in [-0.25, -0.2) is 13.4 Å². The van der Waals surface area contributed by atoms with Crippen molar-refractivity contribution in [3.05, 3.63) is 71.7 Å². The number of nitrogens with zero attached hydrogens (tertiary/aromatic N) is 2. The van der Waals surface area contributed by atoms with Crippen LogP contribution in [0.3, 0.4) is 0 Å². The number of carbonyl (C=O) groups is 1. The first-order chi connectivity index (χ1) is 15.0. The predicted octanol–water partition coefficient (Wildman–Crippen LogP) is 3.51. The SMILES string of the molecule is COc1ccc(NC(=O)C2(c3ccccc3)CCN(S(=O)(=O)c3cccs3)CC2)cn1. The number of rotatable bonds is 6. The van der Waals surface area contributed by atoms with Crippen LogP contribution < -0.4 is 10.1 Å². The minimum Gasteiger partial charge on any atom is -0.481 e. The number of hydrogen-bond acceptors (Lipinski definition) is 6. The molecule has 0 radical (unpaired) electrons. The van der Waals surface area contributed by atoms with Crippen LogP contribution in [0.2, 0.25) is 0 Å². The Balaban J connectivity index is 1.59. The molecule has 3 heterocycles. The van der Waals surface area contributed by atoms with Gasteiger partial charge in [0.05, 0.1) is 24.4 Å². The van der Waals surface area contributed by atoms with E-state index < -0.39 is 15.4 Å². The van der Waals surface area contributed by atoms with E-state index in [4.69, 9.17) is 4.74 Å². The highest BCUT2D eigenvalue weighted by Gasteiger charge is 2.45. The van der Waals surface area contributed by atoms with Crippen LogP contribution in [0.15, 0.2) is 70.4 Å². The van der Waals surface area contributed by atoms with Crippen molar-refractivity contribution in [3.8, 4) is 5.88 Å². The summed E-state index contributed by atoms with van der Waals surface area (Å²) in [6.45, 7) is 0.535. The Morgan fingerprint density at radius 3 is 2.42 bits per heavy atom. The van der Waals surface area contributed by atoms with Crippen molar-refractivity contribution >= 4 is 33.0 Å². The molecule has 1 aliphatic heterocycles. The lowest BCUT2D eigenvalue weighted by Crippen LogP contribution is -2.50. The van der Waals surface area contributed by atoms with Crippen LogP contribution in [0, 0.1) is 0 Å². The van der Waals surface area contributed by atoms with Crippen molar-refractivity contribution in [1.29, 1.82) is 0 Å². The molecule has 1 N–H and O–H groups in total. The first-order valence-corrected chi connectivity index (χ1v) is 12.2. The molecule has 3 aromatic rings. The van der Waals surface area contributed by atoms with E-state index in [0.29, 0.717) is 28.6 Å². The zero-order chi connectivity index (χ0) is 21.9. The lowest BCUT2D eigenvalue weighted by atomic mass is 9.72. The number of nitrogens with one attached hydrogen (secondary N) is 1. The Bertz CT molecular complexity index is 1120. The highest BCUT2D eigenvalue weighted by molar-refractivity contribution is 7.91. The Labute approximate surface area is 185 Å². The fraction of sp³-hybridized carbons (Fsp3) is 0.273. The van der Waals surface area contributed by atoms with Gasteiger partial charge in [-0.1, -0.05) is 36.4 Å². The van der Waals surface area contributed by atoms with E-state index >= 15 is 0 Å². The van der Waals surface area contributed by atoms with Gasteiger partial charge in [0.2, 0.25) is 11.8 Å². The van der Waals surface area contributed by atoms with E-state index in [2.05, 4.69) is 10.3 Å². The number of anilines is 1. The average Bonchev–Trinajstić information content (AvgIpc) is 3.36. The second-order valence-electron chi connectivity index (χ2n) is 7.33. The molecule has 2 aromatic heterocycles. The maximum Gasteiger partial charge on any atom is 0.252 e. The van der Waals surface area contributed by atoms with Gasteiger partial charge in [0.15, 0.2) is 0 Å². The minimum atomic E-state index is -3.55. The first kappa shape index (κ1) is 21.5. The molecule has 0 aliphatic carbocycles.